The lowest BCUT2D eigenvalue weighted by molar-refractivity contribution is -0.122. The molecule has 0 bridgehead atoms. The van der Waals surface area contributed by atoms with E-state index in [-0.39, 0.29) is 35.7 Å². The van der Waals surface area contributed by atoms with Gasteiger partial charge in [-0.05, 0) is 47.7 Å². The standard InChI is InChI=1S/C23H30Cl2N2O4S/c1-6-20(27(32(5,29)30)21-15-17(24)9-12-19(21)25)22(28)26-13-14-31-18-10-7-16(8-11-18)23(2,3)4/h7-12,15,20H,6,13-14H2,1-5H3,(H,26,28)/t20-/m1/s1. The lowest BCUT2D eigenvalue weighted by atomic mass is 9.87. The summed E-state index contributed by atoms with van der Waals surface area (Å²) in [7, 11) is -3.81. The average molecular weight is 501 g/mol. The normalized spacial score (nSPS) is 12.8. The fraction of sp³-hybridized carbons (Fsp3) is 0.435. The van der Waals surface area contributed by atoms with Crippen LogP contribution in [0, 0.1) is 0 Å². The van der Waals surface area contributed by atoms with Gasteiger partial charge < -0.3 is 10.1 Å². The molecule has 0 unspecified atom stereocenters. The number of benzene rings is 2. The van der Waals surface area contributed by atoms with E-state index in [1.807, 2.05) is 24.3 Å². The van der Waals surface area contributed by atoms with Gasteiger partial charge in [0.15, 0.2) is 0 Å². The first-order valence-corrected chi connectivity index (χ1v) is 12.9. The highest BCUT2D eigenvalue weighted by Gasteiger charge is 2.32. The molecule has 0 heterocycles. The number of hydrogen-bond acceptors (Lipinski definition) is 4. The Labute approximate surface area is 200 Å². The van der Waals surface area contributed by atoms with Crippen LogP contribution in [0.4, 0.5) is 5.69 Å². The number of nitrogens with zero attached hydrogens (tertiary/aromatic N) is 1. The number of anilines is 1. The fourth-order valence-electron chi connectivity index (χ4n) is 3.20. The molecule has 0 aliphatic heterocycles. The van der Waals surface area contributed by atoms with Crippen LogP contribution in [0.5, 0.6) is 5.75 Å². The van der Waals surface area contributed by atoms with E-state index in [1.54, 1.807) is 13.0 Å². The molecular formula is C23H30Cl2N2O4S. The summed E-state index contributed by atoms with van der Waals surface area (Å²) in [6.07, 6.45) is 1.28. The highest BCUT2D eigenvalue weighted by atomic mass is 35.5. The Hall–Kier alpha value is -1.96. The van der Waals surface area contributed by atoms with Crippen molar-refractivity contribution in [2.75, 3.05) is 23.7 Å². The summed E-state index contributed by atoms with van der Waals surface area (Å²) in [5, 5.41) is 3.26. The van der Waals surface area contributed by atoms with Crippen molar-refractivity contribution in [3.05, 3.63) is 58.1 Å². The van der Waals surface area contributed by atoms with Crippen LogP contribution >= 0.6 is 23.2 Å². The number of hydrogen-bond donors (Lipinski definition) is 1. The SMILES string of the molecule is CC[C@H](C(=O)NCCOc1ccc(C(C)(C)C)cc1)N(c1cc(Cl)ccc1Cl)S(C)(=O)=O. The Morgan fingerprint density at radius 2 is 1.75 bits per heavy atom. The zero-order valence-corrected chi connectivity index (χ0v) is 21.3. The summed E-state index contributed by atoms with van der Waals surface area (Å²) in [6.45, 7) is 8.61. The molecule has 0 spiro atoms. The second-order valence-corrected chi connectivity index (χ2v) is 11.2. The van der Waals surface area contributed by atoms with Gasteiger partial charge in [0.25, 0.3) is 0 Å². The predicted molar refractivity (Wildman–Crippen MR) is 132 cm³/mol. The van der Waals surface area contributed by atoms with Gasteiger partial charge in [-0.3, -0.25) is 9.10 Å². The molecular weight excluding hydrogens is 471 g/mol. The monoisotopic (exact) mass is 500 g/mol. The second-order valence-electron chi connectivity index (χ2n) is 8.49. The first-order chi connectivity index (χ1) is 14.8. The van der Waals surface area contributed by atoms with Crippen molar-refractivity contribution in [3.8, 4) is 5.75 Å². The van der Waals surface area contributed by atoms with Gasteiger partial charge in [-0.15, -0.1) is 0 Å². The molecule has 9 heteroatoms. The van der Waals surface area contributed by atoms with E-state index in [1.165, 1.54) is 17.7 Å². The van der Waals surface area contributed by atoms with Gasteiger partial charge in [-0.2, -0.15) is 0 Å². The summed E-state index contributed by atoms with van der Waals surface area (Å²) < 4.78 is 31.8. The second kappa shape index (κ2) is 10.8. The van der Waals surface area contributed by atoms with E-state index >= 15 is 0 Å². The fourth-order valence-corrected chi connectivity index (χ4v) is 4.84. The minimum Gasteiger partial charge on any atom is -0.492 e. The number of amides is 1. The Morgan fingerprint density at radius 3 is 2.28 bits per heavy atom. The lowest BCUT2D eigenvalue weighted by Gasteiger charge is -2.30. The third kappa shape index (κ3) is 7.02. The molecule has 0 aliphatic carbocycles. The van der Waals surface area contributed by atoms with Crippen molar-refractivity contribution in [1.29, 1.82) is 0 Å². The maximum atomic E-state index is 12.8. The smallest absolute Gasteiger partial charge is 0.244 e. The van der Waals surface area contributed by atoms with Gasteiger partial charge in [0.1, 0.15) is 18.4 Å². The number of ether oxygens (including phenoxy) is 1. The highest BCUT2D eigenvalue weighted by Crippen LogP contribution is 2.33. The summed E-state index contributed by atoms with van der Waals surface area (Å²) in [6, 6.07) is 11.3. The summed E-state index contributed by atoms with van der Waals surface area (Å²) in [5.74, 6) is 0.253. The van der Waals surface area contributed by atoms with Crippen molar-refractivity contribution in [3.63, 3.8) is 0 Å². The third-order valence-corrected chi connectivity index (χ3v) is 6.59. The van der Waals surface area contributed by atoms with Gasteiger partial charge in [0, 0.05) is 5.02 Å². The zero-order chi connectivity index (χ0) is 24.1. The number of halogens is 2. The van der Waals surface area contributed by atoms with Crippen molar-refractivity contribution >= 4 is 44.8 Å². The third-order valence-electron chi connectivity index (χ3n) is 4.87. The van der Waals surface area contributed by atoms with Gasteiger partial charge >= 0.3 is 0 Å². The van der Waals surface area contributed by atoms with E-state index in [9.17, 15) is 13.2 Å². The molecule has 2 rings (SSSR count). The largest absolute Gasteiger partial charge is 0.492 e. The lowest BCUT2D eigenvalue weighted by Crippen LogP contribution is -2.50. The predicted octanol–water partition coefficient (Wildman–Crippen LogP) is 5.03. The number of carbonyl (C=O) groups is 1. The Balaban J connectivity index is 2.05. The van der Waals surface area contributed by atoms with Crippen LogP contribution in [0.25, 0.3) is 0 Å². The summed E-state index contributed by atoms with van der Waals surface area (Å²) >= 11 is 12.3. The minimum absolute atomic E-state index is 0.0546. The van der Waals surface area contributed by atoms with E-state index in [4.69, 9.17) is 27.9 Å². The molecule has 1 amide bonds. The molecule has 176 valence electrons. The van der Waals surface area contributed by atoms with Gasteiger partial charge in [-0.25, -0.2) is 8.42 Å². The van der Waals surface area contributed by atoms with E-state index in [0.29, 0.717) is 10.8 Å². The van der Waals surface area contributed by atoms with Crippen molar-refractivity contribution in [2.45, 2.75) is 45.6 Å². The molecule has 0 saturated carbocycles. The summed E-state index contributed by atoms with van der Waals surface area (Å²) in [5.41, 5.74) is 1.42. The quantitative estimate of drug-likeness (QED) is 0.489. The van der Waals surface area contributed by atoms with Crippen LogP contribution < -0.4 is 14.4 Å². The molecule has 32 heavy (non-hydrogen) atoms. The first-order valence-electron chi connectivity index (χ1n) is 10.3. The Kier molecular flexibility index (Phi) is 8.85. The topological polar surface area (TPSA) is 75.7 Å². The number of sulfonamides is 1. The van der Waals surface area contributed by atoms with Crippen LogP contribution in [-0.2, 0) is 20.2 Å². The molecule has 0 aromatic heterocycles. The van der Waals surface area contributed by atoms with Crippen LogP contribution in [0.15, 0.2) is 42.5 Å². The Morgan fingerprint density at radius 1 is 1.12 bits per heavy atom. The van der Waals surface area contributed by atoms with Crippen LogP contribution in [-0.4, -0.2) is 39.8 Å². The van der Waals surface area contributed by atoms with Crippen LogP contribution in [0.2, 0.25) is 10.0 Å². The van der Waals surface area contributed by atoms with Crippen molar-refractivity contribution in [1.82, 2.24) is 5.32 Å². The van der Waals surface area contributed by atoms with Gasteiger partial charge in [0.05, 0.1) is 23.5 Å². The average Bonchev–Trinajstić information content (AvgIpc) is 2.70. The Bertz CT molecular complexity index is 1030. The molecule has 0 saturated heterocycles. The van der Waals surface area contributed by atoms with E-state index < -0.39 is 22.0 Å². The number of rotatable bonds is 9. The molecule has 0 radical (unpaired) electrons. The molecule has 2 aromatic carbocycles. The molecule has 2 aromatic rings. The molecule has 0 fully saturated rings. The van der Waals surface area contributed by atoms with E-state index in [0.717, 1.165) is 10.6 Å². The number of carbonyl (C=O) groups excluding carboxylic acids is 1. The number of nitrogens with one attached hydrogen (secondary N) is 1. The first kappa shape index (κ1) is 26.3. The van der Waals surface area contributed by atoms with Gasteiger partial charge in [0.2, 0.25) is 15.9 Å². The maximum absolute atomic E-state index is 12.8. The summed E-state index contributed by atoms with van der Waals surface area (Å²) in [4.78, 5) is 12.8. The molecule has 6 nitrogen and oxygen atoms in total. The van der Waals surface area contributed by atoms with Crippen molar-refractivity contribution < 1.29 is 17.9 Å². The molecule has 0 aliphatic rings. The van der Waals surface area contributed by atoms with Crippen LogP contribution in [0.3, 0.4) is 0 Å². The van der Waals surface area contributed by atoms with Crippen molar-refractivity contribution in [2.24, 2.45) is 0 Å². The maximum Gasteiger partial charge on any atom is 0.244 e. The minimum atomic E-state index is -3.81. The van der Waals surface area contributed by atoms with Gasteiger partial charge in [-0.1, -0.05) is 63.0 Å². The van der Waals surface area contributed by atoms with Crippen LogP contribution in [0.1, 0.15) is 39.7 Å². The molecule has 1 atom stereocenters. The highest BCUT2D eigenvalue weighted by molar-refractivity contribution is 7.92. The molecule has 1 N–H and O–H groups in total. The van der Waals surface area contributed by atoms with E-state index in [2.05, 4.69) is 26.1 Å². The zero-order valence-electron chi connectivity index (χ0n) is 19.0.